The minimum atomic E-state index is -0.385. The molecule has 0 aliphatic heterocycles. The van der Waals surface area contributed by atoms with Crippen molar-refractivity contribution in [2.75, 3.05) is 0 Å². The molecule has 0 spiro atoms. The van der Waals surface area contributed by atoms with Crippen LogP contribution in [0.4, 0.5) is 0 Å². The zero-order valence-electron chi connectivity index (χ0n) is 20.6. The average molecular weight is 312 g/mol. The van der Waals surface area contributed by atoms with Crippen LogP contribution in [0.5, 0.6) is 0 Å². The Morgan fingerprint density at radius 1 is 0.542 bits per heavy atom. The predicted octanol–water partition coefficient (Wildman–Crippen LogP) is 6.81. The highest BCUT2D eigenvalue weighted by Crippen LogP contribution is 2.37. The largest absolute Gasteiger partial charge is 0.0629 e. The van der Waals surface area contributed by atoms with E-state index in [9.17, 15) is 0 Å². The van der Waals surface area contributed by atoms with Gasteiger partial charge in [-0.15, -0.1) is 0 Å². The Labute approximate surface area is 152 Å². The number of benzene rings is 5. The molecule has 0 atom stereocenters. The lowest BCUT2D eigenvalue weighted by molar-refractivity contribution is 1.70. The van der Waals surface area contributed by atoms with Gasteiger partial charge in [-0.05, 0) is 55.6 Å². The molecule has 0 saturated heterocycles. The molecule has 0 heterocycles. The van der Waals surface area contributed by atoms with E-state index in [1.54, 1.807) is 0 Å². The maximum Gasteiger partial charge on any atom is 0.0629 e. The van der Waals surface area contributed by atoms with Crippen molar-refractivity contribution in [2.24, 2.45) is 0 Å². The molecule has 0 unspecified atom stereocenters. The smallest absolute Gasteiger partial charge is 0.0616 e. The molecule has 0 aliphatic carbocycles. The van der Waals surface area contributed by atoms with Gasteiger partial charge in [0.1, 0.15) is 0 Å². The molecule has 112 valence electrons. The Bertz CT molecular complexity index is 1530. The van der Waals surface area contributed by atoms with Gasteiger partial charge in [0.25, 0.3) is 0 Å². The Morgan fingerprint density at radius 2 is 1.17 bits per heavy atom. The van der Waals surface area contributed by atoms with E-state index in [0.29, 0.717) is 11.1 Å². The fourth-order valence-electron chi connectivity index (χ4n) is 3.16. The fraction of sp³-hybridized carbons (Fsp3) is 0. The van der Waals surface area contributed by atoms with Crippen molar-refractivity contribution in [1.82, 2.24) is 0 Å². The first kappa shape index (κ1) is 7.63. The summed E-state index contributed by atoms with van der Waals surface area (Å²) in [6.45, 7) is 0. The third-order valence-corrected chi connectivity index (χ3v) is 4.26. The van der Waals surface area contributed by atoms with Gasteiger partial charge in [-0.1, -0.05) is 84.7 Å². The van der Waals surface area contributed by atoms with Crippen molar-refractivity contribution in [2.45, 2.75) is 0 Å². The molecule has 0 heteroatoms. The average Bonchev–Trinajstić information content (AvgIpc) is 2.81. The molecular formula is C24H16. The molecular weight excluding hydrogens is 288 g/mol. The summed E-state index contributed by atoms with van der Waals surface area (Å²) in [5.74, 6) is 0. The quantitative estimate of drug-likeness (QED) is 0.298. The number of fused-ring (bicyclic) bond motifs is 3. The highest BCUT2D eigenvalue weighted by atomic mass is 14.1. The lowest BCUT2D eigenvalue weighted by Gasteiger charge is -2.13. The molecule has 5 aromatic carbocycles. The van der Waals surface area contributed by atoms with Gasteiger partial charge in [-0.3, -0.25) is 0 Å². The third-order valence-electron chi connectivity index (χ3n) is 4.26. The predicted molar refractivity (Wildman–Crippen MR) is 104 cm³/mol. The Morgan fingerprint density at radius 3 is 1.88 bits per heavy atom. The van der Waals surface area contributed by atoms with Crippen LogP contribution in [0, 0.1) is 0 Å². The fourth-order valence-corrected chi connectivity index (χ4v) is 3.16. The minimum Gasteiger partial charge on any atom is -0.0616 e. The van der Waals surface area contributed by atoms with E-state index in [2.05, 4.69) is 0 Å². The lowest BCUT2D eigenvalue weighted by atomic mass is 9.91. The van der Waals surface area contributed by atoms with Crippen LogP contribution in [0.25, 0.3) is 43.4 Å². The first-order chi connectivity index (χ1) is 15.2. The van der Waals surface area contributed by atoms with Gasteiger partial charge in [0.05, 0.1) is 11.0 Å². The second-order valence-corrected chi connectivity index (χ2v) is 5.66. The number of hydrogen-bond donors (Lipinski definition) is 0. The summed E-state index contributed by atoms with van der Waals surface area (Å²) < 4.78 is 66.6. The first-order valence-electron chi connectivity index (χ1n) is 11.6. The SMILES string of the molecule is [2H]c1c([2H])c([2H])c2c(-c3ccc4ccccc4c3)c3c([2H])c([2H])c([2H])c([2H])c3cc2c1[2H]. The summed E-state index contributed by atoms with van der Waals surface area (Å²) in [6.07, 6.45) is 0. The van der Waals surface area contributed by atoms with Gasteiger partial charge in [-0.25, -0.2) is 0 Å². The van der Waals surface area contributed by atoms with E-state index in [0.717, 1.165) is 10.8 Å². The van der Waals surface area contributed by atoms with Gasteiger partial charge < -0.3 is 0 Å². The second kappa shape index (κ2) is 5.21. The molecule has 0 aromatic heterocycles. The number of hydrogen-bond acceptors (Lipinski definition) is 0. The summed E-state index contributed by atoms with van der Waals surface area (Å²) in [6, 6.07) is 12.3. The molecule has 0 nitrogen and oxygen atoms in total. The summed E-state index contributed by atoms with van der Waals surface area (Å²) in [7, 11) is 0. The van der Waals surface area contributed by atoms with Gasteiger partial charge in [-0.2, -0.15) is 0 Å². The monoisotopic (exact) mass is 312 g/mol. The van der Waals surface area contributed by atoms with Crippen molar-refractivity contribution >= 4 is 32.3 Å². The van der Waals surface area contributed by atoms with Crippen LogP contribution >= 0.6 is 0 Å². The van der Waals surface area contributed by atoms with Gasteiger partial charge in [0.15, 0.2) is 0 Å². The lowest BCUT2D eigenvalue weighted by Crippen LogP contribution is -1.86. The molecule has 0 amide bonds. The van der Waals surface area contributed by atoms with Gasteiger partial charge in [0, 0.05) is 0 Å². The minimum absolute atomic E-state index is 0.219. The van der Waals surface area contributed by atoms with E-state index < -0.39 is 0 Å². The standard InChI is InChI=1S/C24H16/c1-2-8-18-15-21(14-13-17(18)7-1)24-22-11-5-3-9-19(22)16-20-10-4-6-12-23(20)24/h1-16H/i3D,4D,5D,6D,9D,10D,11D,12D. The maximum absolute atomic E-state index is 8.59. The Balaban J connectivity index is 2.11. The Kier molecular flexibility index (Phi) is 1.66. The molecule has 0 aliphatic rings. The van der Waals surface area contributed by atoms with Crippen LogP contribution in [0.15, 0.2) is 96.9 Å². The highest BCUT2D eigenvalue weighted by molar-refractivity contribution is 6.13. The third kappa shape index (κ3) is 2.00. The zero-order valence-corrected chi connectivity index (χ0v) is 12.6. The maximum atomic E-state index is 8.59. The molecule has 0 radical (unpaired) electrons. The van der Waals surface area contributed by atoms with E-state index in [-0.39, 0.29) is 69.9 Å². The first-order valence-corrected chi connectivity index (χ1v) is 7.64. The number of rotatable bonds is 1. The molecule has 5 rings (SSSR count). The van der Waals surface area contributed by atoms with E-state index in [4.69, 9.17) is 11.0 Å². The molecule has 0 N–H and O–H groups in total. The summed E-state index contributed by atoms with van der Waals surface area (Å²) in [4.78, 5) is 0. The van der Waals surface area contributed by atoms with Crippen LogP contribution < -0.4 is 0 Å². The summed E-state index contributed by atoms with van der Waals surface area (Å²) >= 11 is 0. The van der Waals surface area contributed by atoms with Gasteiger partial charge >= 0.3 is 0 Å². The summed E-state index contributed by atoms with van der Waals surface area (Å²) in [5.41, 5.74) is 0.997. The van der Waals surface area contributed by atoms with Crippen molar-refractivity contribution in [3.05, 3.63) is 96.9 Å². The molecule has 0 fully saturated rings. The van der Waals surface area contributed by atoms with Crippen molar-refractivity contribution in [3.63, 3.8) is 0 Å². The summed E-state index contributed by atoms with van der Waals surface area (Å²) in [5, 5.41) is 2.82. The highest BCUT2D eigenvalue weighted by Gasteiger charge is 2.09. The van der Waals surface area contributed by atoms with Crippen LogP contribution in [0.2, 0.25) is 0 Å². The van der Waals surface area contributed by atoms with Crippen LogP contribution in [-0.2, 0) is 0 Å². The van der Waals surface area contributed by atoms with E-state index in [1.165, 1.54) is 6.07 Å². The van der Waals surface area contributed by atoms with Crippen LogP contribution in [0.3, 0.4) is 0 Å². The van der Waals surface area contributed by atoms with E-state index >= 15 is 0 Å². The molecule has 0 bridgehead atoms. The van der Waals surface area contributed by atoms with Crippen molar-refractivity contribution in [3.8, 4) is 11.1 Å². The Hall–Kier alpha value is -3.12. The molecule has 0 saturated carbocycles. The molecule has 5 aromatic rings. The van der Waals surface area contributed by atoms with Crippen LogP contribution in [-0.4, -0.2) is 0 Å². The van der Waals surface area contributed by atoms with Crippen molar-refractivity contribution in [1.29, 1.82) is 0 Å². The molecule has 24 heavy (non-hydrogen) atoms. The van der Waals surface area contributed by atoms with E-state index in [1.807, 2.05) is 42.5 Å². The van der Waals surface area contributed by atoms with Crippen molar-refractivity contribution < 1.29 is 11.0 Å². The van der Waals surface area contributed by atoms with Gasteiger partial charge in [0.2, 0.25) is 0 Å². The second-order valence-electron chi connectivity index (χ2n) is 5.66. The normalized spacial score (nSPS) is 16.0. The van der Waals surface area contributed by atoms with Crippen LogP contribution in [0.1, 0.15) is 11.0 Å². The zero-order chi connectivity index (χ0) is 22.9. The topological polar surface area (TPSA) is 0 Å².